The summed E-state index contributed by atoms with van der Waals surface area (Å²) in [6.07, 6.45) is 0.761. The third kappa shape index (κ3) is 3.03. The molecule has 0 spiro atoms. The van der Waals surface area contributed by atoms with Crippen molar-refractivity contribution in [1.82, 2.24) is 0 Å². The Morgan fingerprint density at radius 1 is 1.17 bits per heavy atom. The van der Waals surface area contributed by atoms with Gasteiger partial charge in [-0.2, -0.15) is 0 Å². The summed E-state index contributed by atoms with van der Waals surface area (Å²) in [5, 5.41) is 0.675. The van der Waals surface area contributed by atoms with Gasteiger partial charge in [0.1, 0.15) is 5.75 Å². The van der Waals surface area contributed by atoms with Crippen molar-refractivity contribution in [2.75, 3.05) is 7.11 Å². The Kier molecular flexibility index (Phi) is 4.24. The Balaban J connectivity index is 2.23. The number of halogens is 1. The fraction of sp³-hybridized carbons (Fsp3) is 0.200. The van der Waals surface area contributed by atoms with Crippen molar-refractivity contribution >= 4 is 11.6 Å². The summed E-state index contributed by atoms with van der Waals surface area (Å²) < 4.78 is 5.32. The molecule has 18 heavy (non-hydrogen) atoms. The highest BCUT2D eigenvalue weighted by molar-refractivity contribution is 6.30. The van der Waals surface area contributed by atoms with Crippen molar-refractivity contribution < 1.29 is 4.74 Å². The van der Waals surface area contributed by atoms with Crippen molar-refractivity contribution in [3.05, 3.63) is 64.7 Å². The Morgan fingerprint density at radius 3 is 2.56 bits per heavy atom. The minimum atomic E-state index is -0.124. The Hall–Kier alpha value is -1.51. The van der Waals surface area contributed by atoms with Gasteiger partial charge in [-0.3, -0.25) is 0 Å². The van der Waals surface area contributed by atoms with Crippen LogP contribution in [0.2, 0.25) is 5.02 Å². The molecule has 94 valence electrons. The number of nitrogens with two attached hydrogens (primary N) is 1. The number of hydrogen-bond acceptors (Lipinski definition) is 2. The second kappa shape index (κ2) is 5.89. The number of rotatable bonds is 4. The van der Waals surface area contributed by atoms with E-state index in [0.29, 0.717) is 5.02 Å². The van der Waals surface area contributed by atoms with Gasteiger partial charge in [-0.1, -0.05) is 41.9 Å². The minimum absolute atomic E-state index is 0.124. The second-order valence-corrected chi connectivity index (χ2v) is 4.62. The molecule has 0 heterocycles. The van der Waals surface area contributed by atoms with Crippen LogP contribution in [-0.2, 0) is 6.42 Å². The maximum Gasteiger partial charge on any atom is 0.123 e. The summed E-state index contributed by atoms with van der Waals surface area (Å²) in [6, 6.07) is 15.5. The molecule has 1 atom stereocenters. The lowest BCUT2D eigenvalue weighted by molar-refractivity contribution is 0.405. The van der Waals surface area contributed by atoms with Gasteiger partial charge < -0.3 is 10.5 Å². The quantitative estimate of drug-likeness (QED) is 0.913. The fourth-order valence-corrected chi connectivity index (χ4v) is 2.15. The van der Waals surface area contributed by atoms with Crippen LogP contribution in [0.3, 0.4) is 0 Å². The van der Waals surface area contributed by atoms with Crippen LogP contribution in [0.5, 0.6) is 5.75 Å². The van der Waals surface area contributed by atoms with Gasteiger partial charge in [0.15, 0.2) is 0 Å². The first-order valence-electron chi connectivity index (χ1n) is 5.83. The van der Waals surface area contributed by atoms with Gasteiger partial charge in [0.05, 0.1) is 7.11 Å². The van der Waals surface area contributed by atoms with Crippen molar-refractivity contribution in [2.24, 2.45) is 5.73 Å². The lowest BCUT2D eigenvalue weighted by Crippen LogP contribution is -2.14. The number of hydrogen-bond donors (Lipinski definition) is 1. The maximum atomic E-state index is 6.23. The summed E-state index contributed by atoms with van der Waals surface area (Å²) >= 11 is 6.01. The predicted octanol–water partition coefficient (Wildman–Crippen LogP) is 3.59. The molecule has 0 aliphatic rings. The highest BCUT2D eigenvalue weighted by Crippen LogP contribution is 2.28. The molecule has 0 aromatic heterocycles. The molecule has 0 fully saturated rings. The smallest absolute Gasteiger partial charge is 0.123 e. The first-order chi connectivity index (χ1) is 8.70. The van der Waals surface area contributed by atoms with Crippen LogP contribution in [0, 0.1) is 0 Å². The molecule has 2 aromatic carbocycles. The normalized spacial score (nSPS) is 12.2. The third-order valence-corrected chi connectivity index (χ3v) is 3.12. The summed E-state index contributed by atoms with van der Waals surface area (Å²) in [5.74, 6) is 0.780. The van der Waals surface area contributed by atoms with Crippen molar-refractivity contribution in [2.45, 2.75) is 12.5 Å². The van der Waals surface area contributed by atoms with E-state index in [1.54, 1.807) is 13.2 Å². The second-order valence-electron chi connectivity index (χ2n) is 4.18. The first kappa shape index (κ1) is 12.9. The molecule has 2 nitrogen and oxygen atoms in total. The largest absolute Gasteiger partial charge is 0.496 e. The van der Waals surface area contributed by atoms with E-state index in [-0.39, 0.29) is 6.04 Å². The van der Waals surface area contributed by atoms with E-state index in [1.807, 2.05) is 30.3 Å². The van der Waals surface area contributed by atoms with Crippen LogP contribution in [-0.4, -0.2) is 7.11 Å². The van der Waals surface area contributed by atoms with Gasteiger partial charge in [0.25, 0.3) is 0 Å². The molecular weight excluding hydrogens is 246 g/mol. The molecule has 0 amide bonds. The lowest BCUT2D eigenvalue weighted by Gasteiger charge is -2.16. The van der Waals surface area contributed by atoms with Crippen LogP contribution in [0.25, 0.3) is 0 Å². The van der Waals surface area contributed by atoms with E-state index in [9.17, 15) is 0 Å². The number of ether oxygens (including phenoxy) is 1. The van der Waals surface area contributed by atoms with Crippen LogP contribution in [0.4, 0.5) is 0 Å². The average Bonchev–Trinajstić information content (AvgIpc) is 2.40. The van der Waals surface area contributed by atoms with Crippen LogP contribution >= 0.6 is 11.6 Å². The summed E-state index contributed by atoms with van der Waals surface area (Å²) in [5.41, 5.74) is 8.37. The van der Waals surface area contributed by atoms with E-state index in [0.717, 1.165) is 17.7 Å². The predicted molar refractivity (Wildman–Crippen MR) is 75.1 cm³/mol. The van der Waals surface area contributed by atoms with Crippen LogP contribution in [0.15, 0.2) is 48.5 Å². The summed E-state index contributed by atoms with van der Waals surface area (Å²) in [4.78, 5) is 0. The van der Waals surface area contributed by atoms with Crippen molar-refractivity contribution in [3.63, 3.8) is 0 Å². The molecule has 2 N–H and O–H groups in total. The molecule has 0 saturated heterocycles. The van der Waals surface area contributed by atoms with Gasteiger partial charge in [-0.25, -0.2) is 0 Å². The molecule has 0 saturated carbocycles. The monoisotopic (exact) mass is 261 g/mol. The molecule has 0 radical (unpaired) electrons. The van der Waals surface area contributed by atoms with Crippen LogP contribution in [0.1, 0.15) is 17.2 Å². The standard InChI is InChI=1S/C15H16ClNO/c1-18-15-8-7-12(16)10-13(15)14(17)9-11-5-3-2-4-6-11/h2-8,10,14H,9,17H2,1H3. The Morgan fingerprint density at radius 2 is 1.89 bits per heavy atom. The molecule has 2 rings (SSSR count). The van der Waals surface area contributed by atoms with Crippen molar-refractivity contribution in [1.29, 1.82) is 0 Å². The molecule has 2 aromatic rings. The van der Waals surface area contributed by atoms with E-state index in [1.165, 1.54) is 5.56 Å². The molecule has 1 unspecified atom stereocenters. The minimum Gasteiger partial charge on any atom is -0.496 e. The van der Waals surface area contributed by atoms with Gasteiger partial charge in [0, 0.05) is 16.6 Å². The molecule has 3 heteroatoms. The zero-order valence-corrected chi connectivity index (χ0v) is 11.0. The first-order valence-corrected chi connectivity index (χ1v) is 6.21. The molecule has 0 aliphatic heterocycles. The van der Waals surface area contributed by atoms with Crippen LogP contribution < -0.4 is 10.5 Å². The third-order valence-electron chi connectivity index (χ3n) is 2.89. The summed E-state index contributed by atoms with van der Waals surface area (Å²) in [6.45, 7) is 0. The molecule has 0 aliphatic carbocycles. The highest BCUT2D eigenvalue weighted by Gasteiger charge is 2.13. The lowest BCUT2D eigenvalue weighted by atomic mass is 9.99. The highest BCUT2D eigenvalue weighted by atomic mass is 35.5. The fourth-order valence-electron chi connectivity index (χ4n) is 1.97. The van der Waals surface area contributed by atoms with E-state index >= 15 is 0 Å². The zero-order valence-electron chi connectivity index (χ0n) is 10.3. The Bertz CT molecular complexity index is 513. The van der Waals surface area contributed by atoms with Crippen molar-refractivity contribution in [3.8, 4) is 5.75 Å². The SMILES string of the molecule is COc1ccc(Cl)cc1C(N)Cc1ccccc1. The van der Waals surface area contributed by atoms with Gasteiger partial charge in [-0.15, -0.1) is 0 Å². The molecule has 0 bridgehead atoms. The molecular formula is C15H16ClNO. The average molecular weight is 262 g/mol. The maximum absolute atomic E-state index is 6.23. The Labute approximate surface area is 112 Å². The topological polar surface area (TPSA) is 35.2 Å². The van der Waals surface area contributed by atoms with E-state index in [2.05, 4.69) is 12.1 Å². The summed E-state index contributed by atoms with van der Waals surface area (Å²) in [7, 11) is 1.64. The van der Waals surface area contributed by atoms with Gasteiger partial charge in [-0.05, 0) is 30.2 Å². The van der Waals surface area contributed by atoms with E-state index in [4.69, 9.17) is 22.1 Å². The number of benzene rings is 2. The van der Waals surface area contributed by atoms with E-state index < -0.39 is 0 Å². The zero-order chi connectivity index (χ0) is 13.0. The van der Waals surface area contributed by atoms with Gasteiger partial charge in [0.2, 0.25) is 0 Å². The van der Waals surface area contributed by atoms with Gasteiger partial charge >= 0.3 is 0 Å². The number of methoxy groups -OCH3 is 1.